The molecule has 2 N–H and O–H groups in total. The van der Waals surface area contributed by atoms with Crippen LogP contribution in [0.1, 0.15) is 33.3 Å². The van der Waals surface area contributed by atoms with E-state index in [1.54, 1.807) is 19.2 Å². The van der Waals surface area contributed by atoms with E-state index in [1.807, 2.05) is 0 Å². The predicted molar refractivity (Wildman–Crippen MR) is 119 cm³/mol. The molecule has 0 heterocycles. The lowest BCUT2D eigenvalue weighted by atomic mass is 10.2. The number of hydrogen-bond donors (Lipinski definition) is 2. The summed E-state index contributed by atoms with van der Waals surface area (Å²) in [5.74, 6) is 0.876. The molecule has 1 rings (SSSR count). The molecule has 0 aliphatic rings. The van der Waals surface area contributed by atoms with Crippen LogP contribution in [0.4, 0.5) is 13.2 Å². The highest BCUT2D eigenvalue weighted by Gasteiger charge is 2.28. The molecule has 9 heteroatoms. The number of alkyl halides is 3. The summed E-state index contributed by atoms with van der Waals surface area (Å²) >= 11 is 0. The normalized spacial score (nSPS) is 12.3. The molecule has 1 aromatic rings. The molecule has 162 valence electrons. The highest BCUT2D eigenvalue weighted by molar-refractivity contribution is 14.0. The van der Waals surface area contributed by atoms with Crippen molar-refractivity contribution in [1.29, 1.82) is 0 Å². The fraction of sp³-hybridized carbons (Fsp3) is 0.632. The molecule has 0 unspecified atom stereocenters. The van der Waals surface area contributed by atoms with Gasteiger partial charge in [-0.2, -0.15) is 13.2 Å². The highest BCUT2D eigenvalue weighted by Crippen LogP contribution is 2.18. The lowest BCUT2D eigenvalue weighted by molar-refractivity contribution is -0.153. The zero-order chi connectivity index (χ0) is 20.4. The fourth-order valence-corrected chi connectivity index (χ4v) is 2.69. The van der Waals surface area contributed by atoms with Crippen LogP contribution in [0.15, 0.2) is 29.3 Å². The lowest BCUT2D eigenvalue weighted by Crippen LogP contribution is -2.45. The van der Waals surface area contributed by atoms with Gasteiger partial charge in [0.1, 0.15) is 5.75 Å². The minimum absolute atomic E-state index is 0. The van der Waals surface area contributed by atoms with Crippen LogP contribution in [0.25, 0.3) is 0 Å². The minimum Gasteiger partial charge on any atom is -0.484 e. The topological polar surface area (TPSA) is 48.9 Å². The van der Waals surface area contributed by atoms with Gasteiger partial charge >= 0.3 is 6.18 Å². The van der Waals surface area contributed by atoms with Gasteiger partial charge in [0.15, 0.2) is 12.6 Å². The van der Waals surface area contributed by atoms with Crippen LogP contribution in [-0.4, -0.2) is 55.9 Å². The van der Waals surface area contributed by atoms with Crippen LogP contribution in [0.3, 0.4) is 0 Å². The van der Waals surface area contributed by atoms with E-state index < -0.39 is 12.8 Å². The van der Waals surface area contributed by atoms with E-state index in [1.165, 1.54) is 12.1 Å². The Hall–Kier alpha value is -1.23. The summed E-state index contributed by atoms with van der Waals surface area (Å²) in [5, 5.41) is 6.47. The van der Waals surface area contributed by atoms with Crippen LogP contribution in [0, 0.1) is 0 Å². The molecule has 5 nitrogen and oxygen atoms in total. The standard InChI is InChI=1S/C19H31F3N4O.HI/c1-14(2)26(15(3)4)11-10-24-18(23-5)25-12-16-6-8-17(9-7-16)27-13-19(20,21)22;/h6-9,14-15H,10-13H2,1-5H3,(H2,23,24,25);1H. The average molecular weight is 516 g/mol. The summed E-state index contributed by atoms with van der Waals surface area (Å²) in [4.78, 5) is 6.58. The number of nitrogens with one attached hydrogen (secondary N) is 2. The van der Waals surface area contributed by atoms with Crippen LogP contribution >= 0.6 is 24.0 Å². The molecule has 0 spiro atoms. The summed E-state index contributed by atoms with van der Waals surface area (Å²) in [6.07, 6.45) is -4.33. The average Bonchev–Trinajstić information content (AvgIpc) is 2.59. The van der Waals surface area contributed by atoms with E-state index >= 15 is 0 Å². The first-order chi connectivity index (χ1) is 12.6. The van der Waals surface area contributed by atoms with Gasteiger partial charge in [0.05, 0.1) is 0 Å². The Balaban J connectivity index is 0.00000729. The summed E-state index contributed by atoms with van der Waals surface area (Å²) in [5.41, 5.74) is 0.920. The van der Waals surface area contributed by atoms with Gasteiger partial charge in [-0.15, -0.1) is 24.0 Å². The summed E-state index contributed by atoms with van der Waals surface area (Å²) in [6, 6.07) is 7.46. The number of ether oxygens (including phenoxy) is 1. The number of benzene rings is 1. The Morgan fingerprint density at radius 1 is 1.07 bits per heavy atom. The van der Waals surface area contributed by atoms with Crippen molar-refractivity contribution in [3.63, 3.8) is 0 Å². The van der Waals surface area contributed by atoms with Gasteiger partial charge in [-0.25, -0.2) is 0 Å². The maximum atomic E-state index is 12.2. The molecule has 0 bridgehead atoms. The van der Waals surface area contributed by atoms with Crippen molar-refractivity contribution >= 4 is 29.9 Å². The van der Waals surface area contributed by atoms with Crippen molar-refractivity contribution in [2.75, 3.05) is 26.7 Å². The molecular weight excluding hydrogens is 484 g/mol. The zero-order valence-electron chi connectivity index (χ0n) is 17.1. The number of hydrogen-bond acceptors (Lipinski definition) is 3. The van der Waals surface area contributed by atoms with Crippen LogP contribution in [0.2, 0.25) is 0 Å². The van der Waals surface area contributed by atoms with Gasteiger partial charge in [-0.1, -0.05) is 12.1 Å². The van der Waals surface area contributed by atoms with Gasteiger partial charge in [0.2, 0.25) is 0 Å². The highest BCUT2D eigenvalue weighted by atomic mass is 127. The van der Waals surface area contributed by atoms with Gasteiger partial charge in [0.25, 0.3) is 0 Å². The van der Waals surface area contributed by atoms with E-state index in [-0.39, 0.29) is 29.7 Å². The van der Waals surface area contributed by atoms with E-state index in [9.17, 15) is 13.2 Å². The second-order valence-electron chi connectivity index (χ2n) is 6.83. The quantitative estimate of drug-likeness (QED) is 0.296. The van der Waals surface area contributed by atoms with Crippen LogP contribution in [0.5, 0.6) is 5.75 Å². The van der Waals surface area contributed by atoms with Gasteiger partial charge in [-0.05, 0) is 45.4 Å². The lowest BCUT2D eigenvalue weighted by Gasteiger charge is -2.30. The van der Waals surface area contributed by atoms with Gasteiger partial charge in [0, 0.05) is 38.8 Å². The van der Waals surface area contributed by atoms with Crippen molar-refractivity contribution in [3.8, 4) is 5.75 Å². The Morgan fingerprint density at radius 3 is 2.11 bits per heavy atom. The SMILES string of the molecule is CN=C(NCCN(C(C)C)C(C)C)NCc1ccc(OCC(F)(F)F)cc1.I. The minimum atomic E-state index is -4.33. The second kappa shape index (κ2) is 13.1. The van der Waals surface area contributed by atoms with Gasteiger partial charge < -0.3 is 15.4 Å². The molecule has 0 atom stereocenters. The van der Waals surface area contributed by atoms with Crippen molar-refractivity contribution in [1.82, 2.24) is 15.5 Å². The second-order valence-corrected chi connectivity index (χ2v) is 6.83. The van der Waals surface area contributed by atoms with Crippen LogP contribution in [-0.2, 0) is 6.54 Å². The molecule has 0 aliphatic heterocycles. The largest absolute Gasteiger partial charge is 0.484 e. The summed E-state index contributed by atoms with van der Waals surface area (Å²) in [7, 11) is 1.70. The number of nitrogens with zero attached hydrogens (tertiary/aromatic N) is 2. The number of guanidine groups is 1. The van der Waals surface area contributed by atoms with E-state index in [4.69, 9.17) is 4.74 Å². The number of aliphatic imine (C=N–C) groups is 1. The Bertz CT molecular complexity index is 570. The van der Waals surface area contributed by atoms with Crippen LogP contribution < -0.4 is 15.4 Å². The maximum absolute atomic E-state index is 12.2. The van der Waals surface area contributed by atoms with E-state index in [2.05, 4.69) is 48.2 Å². The molecule has 0 saturated heterocycles. The fourth-order valence-electron chi connectivity index (χ4n) is 2.69. The molecule has 0 radical (unpaired) electrons. The van der Waals surface area contributed by atoms with Crippen molar-refractivity contribution in [3.05, 3.63) is 29.8 Å². The molecule has 28 heavy (non-hydrogen) atoms. The third kappa shape index (κ3) is 10.9. The molecule has 0 fully saturated rings. The van der Waals surface area contributed by atoms with Gasteiger partial charge in [-0.3, -0.25) is 9.89 Å². The molecule has 1 aromatic carbocycles. The molecule has 0 saturated carbocycles. The van der Waals surface area contributed by atoms with Crippen molar-refractivity contribution in [2.24, 2.45) is 4.99 Å². The molecular formula is C19H32F3IN4O. The number of rotatable bonds is 9. The predicted octanol–water partition coefficient (Wildman–Crippen LogP) is 4.03. The Kier molecular flexibility index (Phi) is 12.5. The first-order valence-corrected chi connectivity index (χ1v) is 9.11. The maximum Gasteiger partial charge on any atom is 0.422 e. The molecule has 0 aliphatic carbocycles. The Labute approximate surface area is 183 Å². The Morgan fingerprint density at radius 2 is 1.64 bits per heavy atom. The van der Waals surface area contributed by atoms with Crippen molar-refractivity contribution in [2.45, 2.75) is 52.5 Å². The smallest absolute Gasteiger partial charge is 0.422 e. The first-order valence-electron chi connectivity index (χ1n) is 9.11. The third-order valence-corrected chi connectivity index (χ3v) is 4.00. The third-order valence-electron chi connectivity index (χ3n) is 4.00. The van der Waals surface area contributed by atoms with E-state index in [0.29, 0.717) is 24.6 Å². The molecule has 0 amide bonds. The number of halogens is 4. The summed E-state index contributed by atoms with van der Waals surface area (Å²) in [6.45, 7) is 9.60. The summed E-state index contributed by atoms with van der Waals surface area (Å²) < 4.78 is 41.2. The first kappa shape index (κ1) is 26.8. The zero-order valence-corrected chi connectivity index (χ0v) is 19.5. The van der Waals surface area contributed by atoms with E-state index in [0.717, 1.165) is 18.7 Å². The molecule has 0 aromatic heterocycles. The van der Waals surface area contributed by atoms with Crippen molar-refractivity contribution < 1.29 is 17.9 Å². The monoisotopic (exact) mass is 516 g/mol.